The first-order valence-corrected chi connectivity index (χ1v) is 15.5. The van der Waals surface area contributed by atoms with E-state index in [0.29, 0.717) is 68.8 Å². The van der Waals surface area contributed by atoms with Crippen LogP contribution < -0.4 is 27.3 Å². The molecule has 2 aliphatic heterocycles. The van der Waals surface area contributed by atoms with Crippen molar-refractivity contribution >= 4 is 23.2 Å². The number of benzene rings is 2. The number of piperidine rings is 1. The molecule has 1 atom stereocenters. The highest BCUT2D eigenvalue weighted by atomic mass is 35.5. The van der Waals surface area contributed by atoms with Crippen LogP contribution in [0.4, 0.5) is 10.1 Å². The van der Waals surface area contributed by atoms with Gasteiger partial charge in [0.2, 0.25) is 5.91 Å². The number of nitrogens with two attached hydrogens (primary N) is 3. The van der Waals surface area contributed by atoms with Crippen LogP contribution in [0.2, 0.25) is 5.02 Å². The lowest BCUT2D eigenvalue weighted by Gasteiger charge is -2.39. The molecule has 2 aromatic carbocycles. The fourth-order valence-electron chi connectivity index (χ4n) is 5.90. The monoisotopic (exact) mass is 603 g/mol. The highest BCUT2D eigenvalue weighted by Gasteiger charge is 2.33. The first-order chi connectivity index (χ1) is 20.3. The van der Waals surface area contributed by atoms with Crippen molar-refractivity contribution in [2.75, 3.05) is 70.8 Å². The standard InChI is InChI=1S/C31H47ClFN7O2/c1-2-42-29-5-3-4-27(33)26(29)21-39-14-16-40(17-15-39)31(41)30(36)22-8-11-38(12-9-22)13-10-23-18-24(32)6-7-28(23)37-25(19-34)20-35/h3-7,18,22,25,30,37H,2,8-17,19-21,34-36H2,1H3/t30-/m1/s1. The summed E-state index contributed by atoms with van der Waals surface area (Å²) < 4.78 is 20.1. The first-order valence-electron chi connectivity index (χ1n) is 15.2. The molecule has 0 radical (unpaired) electrons. The number of hydrogen-bond donors (Lipinski definition) is 4. The summed E-state index contributed by atoms with van der Waals surface area (Å²) in [6, 6.07) is 10.3. The van der Waals surface area contributed by atoms with E-state index >= 15 is 0 Å². The molecule has 42 heavy (non-hydrogen) atoms. The van der Waals surface area contributed by atoms with E-state index < -0.39 is 6.04 Å². The molecule has 11 heteroatoms. The van der Waals surface area contributed by atoms with Crippen molar-refractivity contribution in [3.8, 4) is 5.75 Å². The van der Waals surface area contributed by atoms with Crippen molar-refractivity contribution in [2.45, 2.75) is 44.8 Å². The molecule has 232 valence electrons. The highest BCUT2D eigenvalue weighted by Crippen LogP contribution is 2.26. The van der Waals surface area contributed by atoms with Crippen molar-refractivity contribution in [1.82, 2.24) is 14.7 Å². The third-order valence-electron chi connectivity index (χ3n) is 8.56. The Morgan fingerprint density at radius 2 is 1.79 bits per heavy atom. The Morgan fingerprint density at radius 3 is 2.45 bits per heavy atom. The van der Waals surface area contributed by atoms with Crippen LogP contribution in [0.15, 0.2) is 36.4 Å². The lowest BCUT2D eigenvalue weighted by Crippen LogP contribution is -2.55. The summed E-state index contributed by atoms with van der Waals surface area (Å²) in [4.78, 5) is 19.8. The molecular weight excluding hydrogens is 557 g/mol. The topological polar surface area (TPSA) is 126 Å². The Labute approximate surface area is 254 Å². The van der Waals surface area contributed by atoms with Crippen LogP contribution in [-0.2, 0) is 17.8 Å². The molecule has 0 spiro atoms. The summed E-state index contributed by atoms with van der Waals surface area (Å²) in [5.74, 6) is 0.514. The van der Waals surface area contributed by atoms with Gasteiger partial charge >= 0.3 is 0 Å². The molecule has 0 aromatic heterocycles. The van der Waals surface area contributed by atoms with E-state index in [9.17, 15) is 9.18 Å². The smallest absolute Gasteiger partial charge is 0.239 e. The van der Waals surface area contributed by atoms with E-state index in [4.69, 9.17) is 33.5 Å². The zero-order chi connectivity index (χ0) is 30.1. The number of carbonyl (C=O) groups excluding carboxylic acids is 1. The largest absolute Gasteiger partial charge is 0.493 e. The maximum atomic E-state index is 14.5. The van der Waals surface area contributed by atoms with Gasteiger partial charge in [-0.25, -0.2) is 4.39 Å². The summed E-state index contributed by atoms with van der Waals surface area (Å²) in [5.41, 5.74) is 20.9. The molecule has 2 aromatic rings. The van der Waals surface area contributed by atoms with Crippen molar-refractivity contribution in [2.24, 2.45) is 23.1 Å². The van der Waals surface area contributed by atoms with Gasteiger partial charge in [-0.1, -0.05) is 17.7 Å². The molecule has 0 aliphatic carbocycles. The van der Waals surface area contributed by atoms with Gasteiger partial charge in [-0.2, -0.15) is 0 Å². The normalized spacial score (nSPS) is 17.9. The van der Waals surface area contributed by atoms with Crippen molar-refractivity contribution in [3.63, 3.8) is 0 Å². The van der Waals surface area contributed by atoms with E-state index in [1.165, 1.54) is 6.07 Å². The van der Waals surface area contributed by atoms with Gasteiger partial charge in [0.15, 0.2) is 0 Å². The predicted molar refractivity (Wildman–Crippen MR) is 167 cm³/mol. The number of halogens is 2. The summed E-state index contributed by atoms with van der Waals surface area (Å²) in [6.45, 7) is 9.01. The van der Waals surface area contributed by atoms with Crippen LogP contribution in [0.25, 0.3) is 0 Å². The number of nitrogens with zero attached hydrogens (tertiary/aromatic N) is 3. The molecule has 7 N–H and O–H groups in total. The summed E-state index contributed by atoms with van der Waals surface area (Å²) in [6.07, 6.45) is 2.64. The molecule has 0 saturated carbocycles. The lowest BCUT2D eigenvalue weighted by atomic mass is 9.88. The highest BCUT2D eigenvalue weighted by molar-refractivity contribution is 6.30. The van der Waals surface area contributed by atoms with E-state index in [1.54, 1.807) is 12.1 Å². The van der Waals surface area contributed by atoms with Gasteiger partial charge in [0.05, 0.1) is 18.7 Å². The maximum absolute atomic E-state index is 14.5. The average molecular weight is 604 g/mol. The molecule has 9 nitrogen and oxygen atoms in total. The molecule has 2 aliphatic rings. The van der Waals surface area contributed by atoms with Gasteiger partial charge in [0.1, 0.15) is 11.6 Å². The lowest BCUT2D eigenvalue weighted by molar-refractivity contribution is -0.136. The van der Waals surface area contributed by atoms with Crippen LogP contribution in [0.3, 0.4) is 0 Å². The van der Waals surface area contributed by atoms with Crippen LogP contribution in [0.1, 0.15) is 30.9 Å². The second-order valence-electron chi connectivity index (χ2n) is 11.3. The summed E-state index contributed by atoms with van der Waals surface area (Å²) in [5, 5.41) is 4.15. The van der Waals surface area contributed by atoms with Gasteiger partial charge < -0.3 is 37.1 Å². The second kappa shape index (κ2) is 15.8. The number of carbonyl (C=O) groups is 1. The zero-order valence-corrected chi connectivity index (χ0v) is 25.5. The number of nitrogens with one attached hydrogen (secondary N) is 1. The Hall–Kier alpha value is -2.47. The Bertz CT molecular complexity index is 1150. The number of amides is 1. The number of piperazine rings is 1. The van der Waals surface area contributed by atoms with Gasteiger partial charge in [-0.3, -0.25) is 9.69 Å². The van der Waals surface area contributed by atoms with E-state index in [1.807, 2.05) is 30.0 Å². The van der Waals surface area contributed by atoms with Gasteiger partial charge in [-0.05, 0) is 81.1 Å². The van der Waals surface area contributed by atoms with Crippen LogP contribution >= 0.6 is 11.6 Å². The molecule has 0 unspecified atom stereocenters. The number of ether oxygens (including phenoxy) is 1. The number of hydrogen-bond acceptors (Lipinski definition) is 8. The Morgan fingerprint density at radius 1 is 1.07 bits per heavy atom. The minimum Gasteiger partial charge on any atom is -0.493 e. The van der Waals surface area contributed by atoms with Gasteiger partial charge in [-0.15, -0.1) is 0 Å². The van der Waals surface area contributed by atoms with Crippen molar-refractivity contribution in [3.05, 3.63) is 58.4 Å². The molecule has 0 bridgehead atoms. The molecular formula is C31H47ClFN7O2. The van der Waals surface area contributed by atoms with Crippen LogP contribution in [0.5, 0.6) is 5.75 Å². The number of anilines is 1. The molecule has 2 heterocycles. The molecule has 4 rings (SSSR count). The SMILES string of the molecule is CCOc1cccc(F)c1CN1CCN(C(=O)[C@H](N)C2CCN(CCc3cc(Cl)ccc3NC(CN)CN)CC2)CC1. The molecule has 2 saturated heterocycles. The number of rotatable bonds is 13. The minimum atomic E-state index is -0.497. The minimum absolute atomic E-state index is 0.0165. The molecule has 2 fully saturated rings. The summed E-state index contributed by atoms with van der Waals surface area (Å²) >= 11 is 6.30. The van der Waals surface area contributed by atoms with Crippen LogP contribution in [0, 0.1) is 11.7 Å². The average Bonchev–Trinajstić information content (AvgIpc) is 3.01. The second-order valence-corrected chi connectivity index (χ2v) is 11.8. The predicted octanol–water partition coefficient (Wildman–Crippen LogP) is 2.50. The Kier molecular flexibility index (Phi) is 12.2. The molecule has 1 amide bonds. The van der Waals surface area contributed by atoms with E-state index in [2.05, 4.69) is 15.1 Å². The summed E-state index contributed by atoms with van der Waals surface area (Å²) in [7, 11) is 0. The van der Waals surface area contributed by atoms with Crippen molar-refractivity contribution in [1.29, 1.82) is 0 Å². The first kappa shape index (κ1) is 32.4. The zero-order valence-electron chi connectivity index (χ0n) is 24.7. The van der Waals surface area contributed by atoms with Gasteiger partial charge in [0, 0.05) is 68.6 Å². The van der Waals surface area contributed by atoms with Gasteiger partial charge in [0.25, 0.3) is 0 Å². The maximum Gasteiger partial charge on any atom is 0.239 e. The third kappa shape index (κ3) is 8.55. The number of likely N-dealkylation sites (tertiary alicyclic amines) is 1. The fourth-order valence-corrected chi connectivity index (χ4v) is 6.10. The van der Waals surface area contributed by atoms with E-state index in [-0.39, 0.29) is 23.7 Å². The van der Waals surface area contributed by atoms with Crippen LogP contribution in [-0.4, -0.2) is 98.2 Å². The quantitative estimate of drug-likeness (QED) is 0.275. The van der Waals surface area contributed by atoms with Crippen molar-refractivity contribution < 1.29 is 13.9 Å². The van der Waals surface area contributed by atoms with E-state index in [0.717, 1.165) is 50.1 Å². The third-order valence-corrected chi connectivity index (χ3v) is 8.80. The Balaban J connectivity index is 1.22. The fraction of sp³-hybridized carbons (Fsp3) is 0.581.